The molecule has 1 saturated heterocycles. The number of fused-ring (bicyclic) bond motifs is 1. The zero-order valence-electron chi connectivity index (χ0n) is 14.8. The molecule has 0 radical (unpaired) electrons. The molecule has 2 aromatic rings. The maximum absolute atomic E-state index is 12.4. The predicted molar refractivity (Wildman–Crippen MR) is 99.7 cm³/mol. The summed E-state index contributed by atoms with van der Waals surface area (Å²) in [4.78, 5) is 18.7. The zero-order chi connectivity index (χ0) is 17.9. The summed E-state index contributed by atoms with van der Waals surface area (Å²) < 4.78 is 0. The van der Waals surface area contributed by atoms with Crippen molar-refractivity contribution < 1.29 is 9.90 Å². The van der Waals surface area contributed by atoms with E-state index in [0.29, 0.717) is 12.2 Å². The third-order valence-corrected chi connectivity index (χ3v) is 5.42. The number of hydrogen-bond acceptors (Lipinski definition) is 4. The van der Waals surface area contributed by atoms with E-state index in [1.54, 1.807) is 6.20 Å². The van der Waals surface area contributed by atoms with E-state index in [-0.39, 0.29) is 5.91 Å². The van der Waals surface area contributed by atoms with Crippen molar-refractivity contribution in [2.45, 2.75) is 18.9 Å². The number of carbonyl (C=O) groups is 1. The van der Waals surface area contributed by atoms with E-state index in [1.807, 2.05) is 47.4 Å². The van der Waals surface area contributed by atoms with Crippen molar-refractivity contribution in [3.8, 4) is 0 Å². The third kappa shape index (κ3) is 3.94. The molecule has 5 heteroatoms. The fourth-order valence-electron chi connectivity index (χ4n) is 3.69. The quantitative estimate of drug-likeness (QED) is 0.749. The van der Waals surface area contributed by atoms with E-state index in [4.69, 9.17) is 0 Å². The van der Waals surface area contributed by atoms with Gasteiger partial charge in [0.2, 0.25) is 0 Å². The highest BCUT2D eigenvalue weighted by Gasteiger charge is 2.46. The molecule has 0 bridgehead atoms. The van der Waals surface area contributed by atoms with Crippen molar-refractivity contribution in [1.29, 1.82) is 0 Å². The number of amides is 1. The van der Waals surface area contributed by atoms with Crippen molar-refractivity contribution in [1.82, 2.24) is 15.2 Å². The van der Waals surface area contributed by atoms with Gasteiger partial charge in [-0.3, -0.25) is 9.78 Å². The highest BCUT2D eigenvalue weighted by Crippen LogP contribution is 2.45. The number of pyridine rings is 1. The first-order valence-corrected chi connectivity index (χ1v) is 9.38. The molecule has 2 aliphatic rings. The van der Waals surface area contributed by atoms with Crippen LogP contribution in [-0.4, -0.2) is 47.1 Å². The minimum atomic E-state index is -0.499. The van der Waals surface area contributed by atoms with Crippen LogP contribution in [0, 0.1) is 11.8 Å². The first-order chi connectivity index (χ1) is 12.7. The second-order valence-electron chi connectivity index (χ2n) is 7.40. The van der Waals surface area contributed by atoms with Gasteiger partial charge in [0.1, 0.15) is 5.69 Å². The second kappa shape index (κ2) is 7.56. The summed E-state index contributed by atoms with van der Waals surface area (Å²) in [7, 11) is 0. The molecule has 1 aromatic carbocycles. The Kier molecular flexibility index (Phi) is 5.00. The van der Waals surface area contributed by atoms with Crippen molar-refractivity contribution in [2.24, 2.45) is 11.8 Å². The van der Waals surface area contributed by atoms with Crippen molar-refractivity contribution in [3.05, 3.63) is 65.5 Å². The maximum Gasteiger partial charge on any atom is 0.272 e. The first kappa shape index (κ1) is 17.2. The lowest BCUT2D eigenvalue weighted by Gasteiger charge is -2.17. The normalized spacial score (nSPS) is 22.1. The molecule has 2 fully saturated rings. The second-order valence-corrected chi connectivity index (χ2v) is 7.40. The molecule has 1 aliphatic heterocycles. The summed E-state index contributed by atoms with van der Waals surface area (Å²) in [6.07, 6.45) is 3.40. The summed E-state index contributed by atoms with van der Waals surface area (Å²) in [5.74, 6) is 1.55. The number of likely N-dealkylation sites (tertiary alicyclic amines) is 1. The van der Waals surface area contributed by atoms with Crippen molar-refractivity contribution in [3.63, 3.8) is 0 Å². The van der Waals surface area contributed by atoms with Crippen LogP contribution < -0.4 is 5.32 Å². The summed E-state index contributed by atoms with van der Waals surface area (Å²) in [5, 5.41) is 13.4. The Morgan fingerprint density at radius 2 is 1.96 bits per heavy atom. The standard InChI is InChI=1S/C21H25N3O2/c25-20(16-4-2-1-3-5-16)12-22-9-8-15-6-7-19(23-11-15)21(26)24-13-17-10-18(17)14-24/h1-7,11,17-18,20,22,25H,8-10,12-14H2. The van der Waals surface area contributed by atoms with Crippen LogP contribution in [0.4, 0.5) is 0 Å². The molecule has 26 heavy (non-hydrogen) atoms. The van der Waals surface area contributed by atoms with Gasteiger partial charge < -0.3 is 15.3 Å². The number of carbonyl (C=O) groups excluding carboxylic acids is 1. The lowest BCUT2D eigenvalue weighted by molar-refractivity contribution is 0.0769. The molecule has 3 unspecified atom stereocenters. The third-order valence-electron chi connectivity index (χ3n) is 5.42. The average molecular weight is 351 g/mol. The molecule has 1 saturated carbocycles. The highest BCUT2D eigenvalue weighted by atomic mass is 16.3. The maximum atomic E-state index is 12.4. The van der Waals surface area contributed by atoms with Crippen LogP contribution >= 0.6 is 0 Å². The van der Waals surface area contributed by atoms with Gasteiger partial charge in [0.15, 0.2) is 0 Å². The SMILES string of the molecule is O=C(c1ccc(CCNCC(O)c2ccccc2)cn1)N1CC2CC2C1. The molecule has 2 N–H and O–H groups in total. The monoisotopic (exact) mass is 351 g/mol. The van der Waals surface area contributed by atoms with Gasteiger partial charge in [0, 0.05) is 25.8 Å². The largest absolute Gasteiger partial charge is 0.387 e. The van der Waals surface area contributed by atoms with Crippen LogP contribution in [0.3, 0.4) is 0 Å². The molecule has 2 heterocycles. The smallest absolute Gasteiger partial charge is 0.272 e. The molecule has 5 nitrogen and oxygen atoms in total. The number of nitrogens with one attached hydrogen (secondary N) is 1. The van der Waals surface area contributed by atoms with E-state index in [2.05, 4.69) is 10.3 Å². The number of aliphatic hydroxyl groups is 1. The van der Waals surface area contributed by atoms with Gasteiger partial charge in [-0.05, 0) is 48.4 Å². The Morgan fingerprint density at radius 3 is 2.65 bits per heavy atom. The minimum absolute atomic E-state index is 0.0628. The van der Waals surface area contributed by atoms with Crippen LogP contribution in [0.15, 0.2) is 48.7 Å². The molecule has 3 atom stereocenters. The molecular weight excluding hydrogens is 326 g/mol. The van der Waals surface area contributed by atoms with Crippen LogP contribution in [0.2, 0.25) is 0 Å². The lowest BCUT2D eigenvalue weighted by Crippen LogP contribution is -2.31. The van der Waals surface area contributed by atoms with Crippen LogP contribution in [-0.2, 0) is 6.42 Å². The van der Waals surface area contributed by atoms with Crippen LogP contribution in [0.25, 0.3) is 0 Å². The van der Waals surface area contributed by atoms with E-state index < -0.39 is 6.10 Å². The highest BCUT2D eigenvalue weighted by molar-refractivity contribution is 5.92. The predicted octanol–water partition coefficient (Wildman–Crippen LogP) is 2.04. The Bertz CT molecular complexity index is 738. The molecule has 1 aromatic heterocycles. The van der Waals surface area contributed by atoms with Gasteiger partial charge in [-0.15, -0.1) is 0 Å². The molecule has 0 spiro atoms. The molecular formula is C21H25N3O2. The molecule has 1 aliphatic carbocycles. The summed E-state index contributed by atoms with van der Waals surface area (Å²) in [6.45, 7) is 3.08. The molecule has 136 valence electrons. The van der Waals surface area contributed by atoms with E-state index >= 15 is 0 Å². The first-order valence-electron chi connectivity index (χ1n) is 9.38. The molecule has 1 amide bonds. The van der Waals surface area contributed by atoms with Gasteiger partial charge in [-0.1, -0.05) is 36.4 Å². The fourth-order valence-corrected chi connectivity index (χ4v) is 3.69. The van der Waals surface area contributed by atoms with E-state index in [9.17, 15) is 9.90 Å². The topological polar surface area (TPSA) is 65.5 Å². The summed E-state index contributed by atoms with van der Waals surface area (Å²) in [6, 6.07) is 13.5. The van der Waals surface area contributed by atoms with Gasteiger partial charge in [0.05, 0.1) is 6.10 Å². The van der Waals surface area contributed by atoms with Gasteiger partial charge in [-0.25, -0.2) is 0 Å². The number of benzene rings is 1. The molecule has 4 rings (SSSR count). The average Bonchev–Trinajstić information content (AvgIpc) is 3.31. The number of rotatable bonds is 7. The Hall–Kier alpha value is -2.24. The number of hydrogen-bond donors (Lipinski definition) is 2. The van der Waals surface area contributed by atoms with E-state index in [0.717, 1.165) is 49.0 Å². The van der Waals surface area contributed by atoms with Gasteiger partial charge in [0.25, 0.3) is 5.91 Å². The number of nitrogens with zero attached hydrogens (tertiary/aromatic N) is 2. The Balaban J connectivity index is 1.21. The fraction of sp³-hybridized carbons (Fsp3) is 0.429. The van der Waals surface area contributed by atoms with E-state index in [1.165, 1.54) is 6.42 Å². The Morgan fingerprint density at radius 1 is 1.19 bits per heavy atom. The van der Waals surface area contributed by atoms with Crippen molar-refractivity contribution in [2.75, 3.05) is 26.2 Å². The summed E-state index contributed by atoms with van der Waals surface area (Å²) in [5.41, 5.74) is 2.55. The summed E-state index contributed by atoms with van der Waals surface area (Å²) >= 11 is 0. The van der Waals surface area contributed by atoms with Gasteiger partial charge >= 0.3 is 0 Å². The zero-order valence-corrected chi connectivity index (χ0v) is 14.8. The Labute approximate surface area is 154 Å². The van der Waals surface area contributed by atoms with Crippen LogP contribution in [0.1, 0.15) is 34.1 Å². The van der Waals surface area contributed by atoms with Gasteiger partial charge in [-0.2, -0.15) is 0 Å². The number of aliphatic hydroxyl groups excluding tert-OH is 1. The lowest BCUT2D eigenvalue weighted by atomic mass is 10.1. The van der Waals surface area contributed by atoms with Crippen LogP contribution in [0.5, 0.6) is 0 Å². The minimum Gasteiger partial charge on any atom is -0.387 e. The number of piperidine rings is 1. The number of aromatic nitrogens is 1. The van der Waals surface area contributed by atoms with Crippen molar-refractivity contribution >= 4 is 5.91 Å².